The molecule has 2 N–H and O–H groups in total. The molecule has 1 aromatic heterocycles. The van der Waals surface area contributed by atoms with E-state index in [1.807, 2.05) is 0 Å². The van der Waals surface area contributed by atoms with Crippen molar-refractivity contribution in [1.29, 1.82) is 0 Å². The molecule has 0 aliphatic heterocycles. The van der Waals surface area contributed by atoms with Gasteiger partial charge in [-0.15, -0.1) is 0 Å². The van der Waals surface area contributed by atoms with Gasteiger partial charge in [0.1, 0.15) is 5.75 Å². The fourth-order valence-corrected chi connectivity index (χ4v) is 3.57. The van der Waals surface area contributed by atoms with Crippen molar-refractivity contribution in [2.75, 3.05) is 6.54 Å². The second-order valence-electron chi connectivity index (χ2n) is 7.36. The summed E-state index contributed by atoms with van der Waals surface area (Å²) in [5.41, 5.74) is 0.571. The number of benzene rings is 1. The van der Waals surface area contributed by atoms with Crippen LogP contribution in [0.2, 0.25) is 0 Å². The van der Waals surface area contributed by atoms with Gasteiger partial charge >= 0.3 is 0 Å². The minimum atomic E-state index is -0.512. The molecular weight excluding hydrogens is 371 g/mol. The van der Waals surface area contributed by atoms with Crippen molar-refractivity contribution in [1.82, 2.24) is 10.3 Å². The predicted octanol–water partition coefficient (Wildman–Crippen LogP) is 4.47. The number of ether oxygens (including phenoxy) is 1. The number of aliphatic hydroxyl groups is 1. The standard InChI is InChI=1S/C23H27FN2O3/c24-20-15-17(9-11-22(20)29-19-7-4-13-25-16-19)10-12-23(28)26-14-3-6-18-5-1-2-8-21(18)27/h4,7,9-13,15-16,18,21,27H,1-3,5-6,8,14H2,(H,26,28)/b12-10+. The van der Waals surface area contributed by atoms with Crippen LogP contribution in [-0.2, 0) is 4.79 Å². The van der Waals surface area contributed by atoms with Crippen LogP contribution in [0.5, 0.6) is 11.5 Å². The van der Waals surface area contributed by atoms with Gasteiger partial charge < -0.3 is 15.2 Å². The van der Waals surface area contributed by atoms with E-state index in [2.05, 4.69) is 10.3 Å². The Bertz CT molecular complexity index is 826. The molecule has 1 aromatic carbocycles. The lowest BCUT2D eigenvalue weighted by molar-refractivity contribution is -0.116. The van der Waals surface area contributed by atoms with Crippen molar-refractivity contribution in [3.05, 3.63) is 60.2 Å². The van der Waals surface area contributed by atoms with E-state index in [4.69, 9.17) is 4.74 Å². The van der Waals surface area contributed by atoms with Gasteiger partial charge in [0.2, 0.25) is 5.91 Å². The number of hydrogen-bond acceptors (Lipinski definition) is 4. The van der Waals surface area contributed by atoms with Crippen molar-refractivity contribution in [2.45, 2.75) is 44.6 Å². The second-order valence-corrected chi connectivity index (χ2v) is 7.36. The molecule has 1 fully saturated rings. The van der Waals surface area contributed by atoms with Crippen molar-refractivity contribution in [3.63, 3.8) is 0 Å². The van der Waals surface area contributed by atoms with Crippen LogP contribution in [0, 0.1) is 11.7 Å². The van der Waals surface area contributed by atoms with Crippen LogP contribution in [0.15, 0.2) is 48.8 Å². The highest BCUT2D eigenvalue weighted by Gasteiger charge is 2.22. The average Bonchev–Trinajstić information content (AvgIpc) is 2.73. The molecule has 1 saturated carbocycles. The van der Waals surface area contributed by atoms with Crippen LogP contribution in [0.25, 0.3) is 6.08 Å². The summed E-state index contributed by atoms with van der Waals surface area (Å²) in [6.07, 6.45) is 11.9. The zero-order chi connectivity index (χ0) is 20.5. The number of aromatic nitrogens is 1. The third-order valence-electron chi connectivity index (χ3n) is 5.17. The number of rotatable bonds is 8. The molecule has 0 bridgehead atoms. The molecule has 1 amide bonds. The van der Waals surface area contributed by atoms with Gasteiger partial charge in [-0.2, -0.15) is 0 Å². The highest BCUT2D eigenvalue weighted by Crippen LogP contribution is 2.27. The van der Waals surface area contributed by atoms with E-state index < -0.39 is 5.82 Å². The molecule has 1 aliphatic carbocycles. The summed E-state index contributed by atoms with van der Waals surface area (Å²) in [5, 5.41) is 12.8. The number of aliphatic hydroxyl groups excluding tert-OH is 1. The number of nitrogens with zero attached hydrogens (tertiary/aromatic N) is 1. The van der Waals surface area contributed by atoms with Crippen molar-refractivity contribution in [2.24, 2.45) is 5.92 Å². The molecule has 2 atom stereocenters. The maximum Gasteiger partial charge on any atom is 0.243 e. The van der Waals surface area contributed by atoms with Gasteiger partial charge in [-0.3, -0.25) is 9.78 Å². The van der Waals surface area contributed by atoms with E-state index in [1.54, 1.807) is 30.5 Å². The molecular formula is C23H27FN2O3. The first kappa shape index (κ1) is 21.0. The molecule has 154 valence electrons. The Morgan fingerprint density at radius 1 is 1.31 bits per heavy atom. The largest absolute Gasteiger partial charge is 0.453 e. The Balaban J connectivity index is 1.43. The zero-order valence-corrected chi connectivity index (χ0v) is 16.4. The van der Waals surface area contributed by atoms with E-state index in [0.29, 0.717) is 23.8 Å². The fourth-order valence-electron chi connectivity index (χ4n) is 3.57. The molecule has 0 saturated heterocycles. The quantitative estimate of drug-likeness (QED) is 0.508. The summed E-state index contributed by atoms with van der Waals surface area (Å²) >= 11 is 0. The van der Waals surface area contributed by atoms with Gasteiger partial charge in [-0.05, 0) is 67.5 Å². The van der Waals surface area contributed by atoms with Crippen LogP contribution in [0.1, 0.15) is 44.1 Å². The number of carbonyl (C=O) groups is 1. The highest BCUT2D eigenvalue weighted by atomic mass is 19.1. The molecule has 0 spiro atoms. The van der Waals surface area contributed by atoms with Gasteiger partial charge in [0.15, 0.2) is 11.6 Å². The van der Waals surface area contributed by atoms with Gasteiger partial charge in [-0.25, -0.2) is 4.39 Å². The van der Waals surface area contributed by atoms with Crippen LogP contribution in [0.3, 0.4) is 0 Å². The molecule has 0 radical (unpaired) electrons. The van der Waals surface area contributed by atoms with Crippen LogP contribution >= 0.6 is 0 Å². The number of carbonyl (C=O) groups excluding carboxylic acids is 1. The van der Waals surface area contributed by atoms with Gasteiger partial charge in [-0.1, -0.05) is 18.9 Å². The van der Waals surface area contributed by atoms with Crippen molar-refractivity contribution >= 4 is 12.0 Å². The Kier molecular flexibility index (Phi) is 7.76. The molecule has 2 aromatic rings. The molecule has 1 heterocycles. The topological polar surface area (TPSA) is 71.5 Å². The minimum Gasteiger partial charge on any atom is -0.453 e. The van der Waals surface area contributed by atoms with Gasteiger partial charge in [0, 0.05) is 18.8 Å². The van der Waals surface area contributed by atoms with E-state index >= 15 is 0 Å². The van der Waals surface area contributed by atoms with Crippen molar-refractivity contribution in [3.8, 4) is 11.5 Å². The third kappa shape index (κ3) is 6.68. The number of pyridine rings is 1. The predicted molar refractivity (Wildman–Crippen MR) is 110 cm³/mol. The number of nitrogens with one attached hydrogen (secondary N) is 1. The highest BCUT2D eigenvalue weighted by molar-refractivity contribution is 5.91. The fraction of sp³-hybridized carbons (Fsp3) is 0.391. The SMILES string of the molecule is O=C(/C=C/c1ccc(Oc2cccnc2)c(F)c1)NCCCC1CCCCC1O. The molecule has 5 nitrogen and oxygen atoms in total. The Hall–Kier alpha value is -2.73. The zero-order valence-electron chi connectivity index (χ0n) is 16.4. The summed E-state index contributed by atoms with van der Waals surface area (Å²) in [6, 6.07) is 7.93. The van der Waals surface area contributed by atoms with E-state index in [1.165, 1.54) is 30.8 Å². The number of amides is 1. The Morgan fingerprint density at radius 2 is 2.17 bits per heavy atom. The van der Waals surface area contributed by atoms with Crippen LogP contribution in [-0.4, -0.2) is 28.6 Å². The third-order valence-corrected chi connectivity index (χ3v) is 5.17. The average molecular weight is 398 g/mol. The minimum absolute atomic E-state index is 0.101. The van der Waals surface area contributed by atoms with Gasteiger partial charge in [0.05, 0.1) is 12.3 Å². The van der Waals surface area contributed by atoms with E-state index in [9.17, 15) is 14.3 Å². The molecule has 1 aliphatic rings. The van der Waals surface area contributed by atoms with Crippen molar-refractivity contribution < 1.29 is 19.0 Å². The smallest absolute Gasteiger partial charge is 0.243 e. The Labute approximate surface area is 170 Å². The van der Waals surface area contributed by atoms with Gasteiger partial charge in [0.25, 0.3) is 0 Å². The van der Waals surface area contributed by atoms with Crippen LogP contribution in [0.4, 0.5) is 4.39 Å². The van der Waals surface area contributed by atoms with Crippen LogP contribution < -0.4 is 10.1 Å². The first-order chi connectivity index (χ1) is 14.1. The molecule has 3 rings (SSSR count). The summed E-state index contributed by atoms with van der Waals surface area (Å²) in [4.78, 5) is 15.9. The lowest BCUT2D eigenvalue weighted by Crippen LogP contribution is -2.27. The second kappa shape index (κ2) is 10.7. The molecule has 2 unspecified atom stereocenters. The van der Waals surface area contributed by atoms with E-state index in [-0.39, 0.29) is 17.8 Å². The number of halogens is 1. The summed E-state index contributed by atoms with van der Waals surface area (Å²) < 4.78 is 19.7. The lowest BCUT2D eigenvalue weighted by Gasteiger charge is -2.27. The Morgan fingerprint density at radius 3 is 2.93 bits per heavy atom. The molecule has 6 heteroatoms. The summed E-state index contributed by atoms with van der Waals surface area (Å²) in [7, 11) is 0. The summed E-state index contributed by atoms with van der Waals surface area (Å²) in [6.45, 7) is 0.568. The maximum atomic E-state index is 14.2. The lowest BCUT2D eigenvalue weighted by atomic mass is 9.83. The van der Waals surface area contributed by atoms with E-state index in [0.717, 1.165) is 32.1 Å². The summed E-state index contributed by atoms with van der Waals surface area (Å²) in [5.74, 6) is 0.179. The first-order valence-corrected chi connectivity index (χ1v) is 10.1. The normalized spacial score (nSPS) is 19.2. The monoisotopic (exact) mass is 398 g/mol. The number of hydrogen-bond donors (Lipinski definition) is 2. The first-order valence-electron chi connectivity index (χ1n) is 10.1. The molecule has 29 heavy (non-hydrogen) atoms. The maximum absolute atomic E-state index is 14.2.